The third-order valence-corrected chi connectivity index (χ3v) is 15.6. The Labute approximate surface area is 410 Å². The van der Waals surface area contributed by atoms with Crippen LogP contribution >= 0.6 is 0 Å². The molecule has 10 aromatic rings. The number of benzene rings is 8. The van der Waals surface area contributed by atoms with Gasteiger partial charge in [0.15, 0.2) is 11.5 Å². The summed E-state index contributed by atoms with van der Waals surface area (Å²) in [5.41, 5.74) is 5.59. The van der Waals surface area contributed by atoms with Gasteiger partial charge in [-0.15, -0.1) is 0 Å². The van der Waals surface area contributed by atoms with Crippen LogP contribution in [0.5, 0.6) is 17.2 Å². The van der Waals surface area contributed by atoms with E-state index in [-0.39, 0.29) is 9.79 Å². The van der Waals surface area contributed by atoms with Crippen molar-refractivity contribution in [1.29, 1.82) is 0 Å². The van der Waals surface area contributed by atoms with Crippen LogP contribution in [0.2, 0.25) is 0 Å². The molecule has 2 N–H and O–H groups in total. The van der Waals surface area contributed by atoms with Crippen molar-refractivity contribution in [3.63, 3.8) is 0 Å². The van der Waals surface area contributed by atoms with Crippen molar-refractivity contribution in [2.75, 3.05) is 21.3 Å². The summed E-state index contributed by atoms with van der Waals surface area (Å²) in [4.78, 5) is 0.326. The fraction of sp³-hybridized carbons (Fsp3) is 0.0877. The van der Waals surface area contributed by atoms with Crippen LogP contribution in [0.1, 0.15) is 34.5 Å². The number of rotatable bonds is 13. The van der Waals surface area contributed by atoms with E-state index in [1.807, 2.05) is 60.7 Å². The van der Waals surface area contributed by atoms with Crippen molar-refractivity contribution in [2.24, 2.45) is 0 Å². The van der Waals surface area contributed by atoms with Gasteiger partial charge in [-0.1, -0.05) is 109 Å². The zero-order valence-electron chi connectivity index (χ0n) is 38.6. The van der Waals surface area contributed by atoms with E-state index in [9.17, 15) is 31.4 Å². The van der Waals surface area contributed by atoms with Crippen LogP contribution in [0, 0.1) is 5.82 Å². The number of aliphatic hydroxyl groups is 2. The summed E-state index contributed by atoms with van der Waals surface area (Å²) in [5, 5.41) is 23.4. The molecule has 0 saturated heterocycles. The van der Waals surface area contributed by atoms with Crippen molar-refractivity contribution in [3.05, 3.63) is 234 Å². The number of halogens is 1. The van der Waals surface area contributed by atoms with Gasteiger partial charge in [-0.2, -0.15) is 0 Å². The summed E-state index contributed by atoms with van der Waals surface area (Å²) < 4.78 is 87.4. The summed E-state index contributed by atoms with van der Waals surface area (Å²) in [6.07, 6.45) is -1.88. The van der Waals surface area contributed by atoms with Gasteiger partial charge in [-0.25, -0.2) is 29.2 Å². The molecular formula is C57H47FN2O9S2. The van der Waals surface area contributed by atoms with Crippen molar-refractivity contribution < 1.29 is 45.6 Å². The number of ether oxygens (including phenoxy) is 3. The van der Waals surface area contributed by atoms with Gasteiger partial charge in [-0.05, 0) is 130 Å². The standard InChI is InChI=1S/C29H24FNO5S.C28H23NO4S/c1-35-27-14-11-21(18-28(27)36-2)29(32)20-8-6-7-19(15-20)26-17-22-16-23(30)12-13-25(22)31(26)37(33,34)24-9-4-3-5-10-24;1-33-24-16-14-20(15-17-24)28(30)23-10-7-9-21(18-23)27-19-22-8-5-6-13-26(22)29(27)34(31,32)25-11-3-2-4-12-25/h3-18,29,32H,1-2H3;2-19,28,30H,1H3. The molecule has 0 saturated carbocycles. The Bertz CT molecular complexity index is 3750. The molecule has 0 fully saturated rings. The van der Waals surface area contributed by atoms with Crippen LogP contribution in [0.25, 0.3) is 44.3 Å². The Kier molecular flexibility index (Phi) is 13.6. The Morgan fingerprint density at radius 2 is 0.901 bits per heavy atom. The number of methoxy groups -OCH3 is 3. The Morgan fingerprint density at radius 1 is 0.423 bits per heavy atom. The van der Waals surface area contributed by atoms with Gasteiger partial charge in [-0.3, -0.25) is 0 Å². The lowest BCUT2D eigenvalue weighted by Gasteiger charge is -2.16. The molecule has 0 spiro atoms. The molecule has 71 heavy (non-hydrogen) atoms. The van der Waals surface area contributed by atoms with Crippen LogP contribution in [0.3, 0.4) is 0 Å². The number of nitrogens with zero attached hydrogens (tertiary/aromatic N) is 2. The monoisotopic (exact) mass is 986 g/mol. The average molecular weight is 987 g/mol. The van der Waals surface area contributed by atoms with Crippen LogP contribution in [0.15, 0.2) is 216 Å². The quantitative estimate of drug-likeness (QED) is 0.115. The number of hydrogen-bond donors (Lipinski definition) is 2. The molecule has 0 aliphatic heterocycles. The molecular weight excluding hydrogens is 940 g/mol. The van der Waals surface area contributed by atoms with E-state index in [0.29, 0.717) is 72.9 Å². The highest BCUT2D eigenvalue weighted by Crippen LogP contribution is 2.38. The molecule has 8 aromatic carbocycles. The first-order chi connectivity index (χ1) is 34.3. The zero-order valence-corrected chi connectivity index (χ0v) is 40.3. The highest BCUT2D eigenvalue weighted by atomic mass is 32.2. The number of aliphatic hydroxyl groups excluding tert-OH is 2. The van der Waals surface area contributed by atoms with E-state index in [4.69, 9.17) is 14.2 Å². The van der Waals surface area contributed by atoms with Crippen LogP contribution in [-0.4, -0.2) is 56.3 Å². The molecule has 2 atom stereocenters. The van der Waals surface area contributed by atoms with Crippen LogP contribution in [-0.2, 0) is 20.0 Å². The molecule has 2 heterocycles. The number of para-hydroxylation sites is 1. The molecule has 14 heteroatoms. The first kappa shape index (κ1) is 48.0. The van der Waals surface area contributed by atoms with E-state index >= 15 is 0 Å². The zero-order chi connectivity index (χ0) is 49.9. The van der Waals surface area contributed by atoms with Crippen molar-refractivity contribution in [1.82, 2.24) is 7.94 Å². The van der Waals surface area contributed by atoms with E-state index in [2.05, 4.69) is 0 Å². The Hall–Kier alpha value is -8.01. The smallest absolute Gasteiger partial charge is 0.268 e. The summed E-state index contributed by atoms with van der Waals surface area (Å²) >= 11 is 0. The summed E-state index contributed by atoms with van der Waals surface area (Å²) in [7, 11) is -3.22. The lowest BCUT2D eigenvalue weighted by atomic mass is 9.98. The topological polar surface area (TPSA) is 146 Å². The molecule has 0 amide bonds. The van der Waals surface area contributed by atoms with Gasteiger partial charge in [0.2, 0.25) is 0 Å². The molecule has 10 rings (SSSR count). The van der Waals surface area contributed by atoms with Gasteiger partial charge in [0.25, 0.3) is 20.0 Å². The second-order valence-corrected chi connectivity index (χ2v) is 20.0. The minimum atomic E-state index is -4.01. The van der Waals surface area contributed by atoms with Gasteiger partial charge in [0.05, 0.1) is 53.5 Å². The second-order valence-electron chi connectivity index (χ2n) is 16.4. The maximum Gasteiger partial charge on any atom is 0.268 e. The van der Waals surface area contributed by atoms with Gasteiger partial charge >= 0.3 is 0 Å². The largest absolute Gasteiger partial charge is 0.497 e. The van der Waals surface area contributed by atoms with E-state index in [0.717, 1.165) is 10.9 Å². The number of aromatic nitrogens is 2. The molecule has 0 radical (unpaired) electrons. The maximum atomic E-state index is 14.1. The van der Waals surface area contributed by atoms with Crippen molar-refractivity contribution in [3.8, 4) is 39.8 Å². The molecule has 2 unspecified atom stereocenters. The third kappa shape index (κ3) is 9.53. The van der Waals surface area contributed by atoms with E-state index in [1.165, 1.54) is 52.5 Å². The van der Waals surface area contributed by atoms with Crippen molar-refractivity contribution in [2.45, 2.75) is 22.0 Å². The molecule has 0 bridgehead atoms. The first-order valence-corrected chi connectivity index (χ1v) is 25.2. The second kappa shape index (κ2) is 20.1. The van der Waals surface area contributed by atoms with E-state index < -0.39 is 38.1 Å². The molecule has 358 valence electrons. The molecule has 0 aliphatic carbocycles. The fourth-order valence-electron chi connectivity index (χ4n) is 8.54. The van der Waals surface area contributed by atoms with Gasteiger partial charge < -0.3 is 24.4 Å². The lowest BCUT2D eigenvalue weighted by Crippen LogP contribution is -2.14. The van der Waals surface area contributed by atoms with Crippen LogP contribution < -0.4 is 14.2 Å². The lowest BCUT2D eigenvalue weighted by molar-refractivity contribution is 0.219. The van der Waals surface area contributed by atoms with Gasteiger partial charge in [0, 0.05) is 10.8 Å². The first-order valence-electron chi connectivity index (χ1n) is 22.3. The minimum absolute atomic E-state index is 0.111. The van der Waals surface area contributed by atoms with Gasteiger partial charge in [0.1, 0.15) is 23.8 Å². The van der Waals surface area contributed by atoms with Crippen molar-refractivity contribution >= 4 is 41.9 Å². The Balaban J connectivity index is 0.000000176. The molecule has 0 aliphatic rings. The normalized spacial score (nSPS) is 12.5. The summed E-state index contributed by atoms with van der Waals surface area (Å²) in [5.74, 6) is 1.26. The van der Waals surface area contributed by atoms with Crippen LogP contribution in [0.4, 0.5) is 4.39 Å². The third-order valence-electron chi connectivity index (χ3n) is 12.1. The van der Waals surface area contributed by atoms with E-state index in [1.54, 1.807) is 122 Å². The number of fused-ring (bicyclic) bond motifs is 2. The predicted molar refractivity (Wildman–Crippen MR) is 273 cm³/mol. The Morgan fingerprint density at radius 3 is 1.45 bits per heavy atom. The summed E-state index contributed by atoms with van der Waals surface area (Å²) in [6, 6.07) is 58.1. The highest BCUT2D eigenvalue weighted by Gasteiger charge is 2.26. The minimum Gasteiger partial charge on any atom is -0.497 e. The SMILES string of the molecule is COc1ccc(C(O)c2cccc(-c3cc4cc(F)ccc4n3S(=O)(=O)c3ccccc3)c2)cc1OC.COc1ccc(C(O)c2cccc(-c3cc4ccccc4n3S(=O)(=O)c3ccccc3)c2)cc1. The number of hydrogen-bond acceptors (Lipinski definition) is 9. The highest BCUT2D eigenvalue weighted by molar-refractivity contribution is 7.90. The molecule has 11 nitrogen and oxygen atoms in total. The predicted octanol–water partition coefficient (Wildman–Crippen LogP) is 11.4. The summed E-state index contributed by atoms with van der Waals surface area (Å²) in [6.45, 7) is 0. The maximum absolute atomic E-state index is 14.1. The molecule has 2 aromatic heterocycles. The fourth-order valence-corrected chi connectivity index (χ4v) is 11.6. The average Bonchev–Trinajstić information content (AvgIpc) is 4.01.